The molecule has 3 aliphatic heterocycles. The zero-order valence-electron chi connectivity index (χ0n) is 37.4. The zero-order chi connectivity index (χ0) is 44.8. The first-order chi connectivity index (χ1) is 32.4. The highest BCUT2D eigenvalue weighted by molar-refractivity contribution is 5.79. The number of morpholine rings is 1. The van der Waals surface area contributed by atoms with Crippen molar-refractivity contribution in [1.82, 2.24) is 44.1 Å². The topological polar surface area (TPSA) is 159 Å². The lowest BCUT2D eigenvalue weighted by atomic mass is 10.1. The Morgan fingerprint density at radius 2 is 1.20 bits per heavy atom. The summed E-state index contributed by atoms with van der Waals surface area (Å²) in [6.07, 6.45) is 12.0. The third-order valence-electron chi connectivity index (χ3n) is 12.5. The second kappa shape index (κ2) is 19.4. The third kappa shape index (κ3) is 9.70. The molecule has 3 aliphatic rings. The molecule has 0 spiro atoms. The van der Waals surface area contributed by atoms with Gasteiger partial charge in [0.1, 0.15) is 41.4 Å². The molecule has 0 bridgehead atoms. The number of hydrogen-bond donors (Lipinski definition) is 3. The van der Waals surface area contributed by atoms with Gasteiger partial charge in [-0.15, -0.1) is 0 Å². The summed E-state index contributed by atoms with van der Waals surface area (Å²) in [5.74, 6) is 4.59. The van der Waals surface area contributed by atoms with E-state index in [0.29, 0.717) is 18.7 Å². The number of phenols is 1. The van der Waals surface area contributed by atoms with Crippen LogP contribution in [0.5, 0.6) is 11.5 Å². The number of anilines is 6. The van der Waals surface area contributed by atoms with Gasteiger partial charge in [-0.05, 0) is 100 Å². The number of phenolic OH excluding ortho intramolecular Hbond substituents is 1. The lowest BCUT2D eigenvalue weighted by molar-refractivity contribution is 0.0322. The molecule has 3 saturated heterocycles. The molecule has 3 fully saturated rings. The number of aromatic nitrogens is 8. The van der Waals surface area contributed by atoms with Crippen LogP contribution < -0.4 is 25.2 Å². The van der Waals surface area contributed by atoms with Gasteiger partial charge in [-0.1, -0.05) is 36.4 Å². The van der Waals surface area contributed by atoms with E-state index in [1.165, 1.54) is 25.7 Å². The van der Waals surface area contributed by atoms with Crippen LogP contribution >= 0.6 is 0 Å². The monoisotopic (exact) mass is 885 g/mol. The quantitative estimate of drug-likeness (QED) is 0.107. The maximum atomic E-state index is 9.83. The highest BCUT2D eigenvalue weighted by atomic mass is 16.5. The van der Waals surface area contributed by atoms with Crippen molar-refractivity contribution in [3.05, 3.63) is 122 Å². The number of hydrogen-bond acceptors (Lipinski definition) is 14. The standard InChI is InChI=1S/C28H33N7O2.C22H22N6O/c1-21-5-4-11-34(21)27-9-3-8-26(31-27)30-25-20-24(32-35-12-10-29-28(25)35)22-6-2-7-23(19-22)37-18-15-33-13-16-36-17-14-33;1-15-5-4-11-27(15)21-9-3-8-20(25-21)24-19-14-18(16-6-2-7-17(29)13-16)26-28-12-10-23-22(19)28/h2-3,6-10,12,19-21H,4-5,11,13-18H2,1H3,(H,30,31);2-3,6-10,12-15,29H,4-5,11H2,1H3,(H,24,25). The van der Waals surface area contributed by atoms with E-state index in [0.717, 1.165) is 120 Å². The minimum Gasteiger partial charge on any atom is -0.508 e. The van der Waals surface area contributed by atoms with Crippen LogP contribution in [0, 0.1) is 0 Å². The van der Waals surface area contributed by atoms with Gasteiger partial charge in [-0.25, -0.2) is 29.0 Å². The number of benzene rings is 2. The number of ether oxygens (including phenoxy) is 2. The van der Waals surface area contributed by atoms with Gasteiger partial charge in [0, 0.05) is 80.7 Å². The fraction of sp³-hybridized carbons (Fsp3) is 0.320. The molecule has 0 saturated carbocycles. The Hall–Kier alpha value is -7.30. The van der Waals surface area contributed by atoms with Gasteiger partial charge in [0.15, 0.2) is 11.3 Å². The number of nitrogens with zero attached hydrogens (tertiary/aromatic N) is 11. The summed E-state index contributed by atoms with van der Waals surface area (Å²) in [5.41, 5.74) is 6.51. The minimum absolute atomic E-state index is 0.207. The van der Waals surface area contributed by atoms with Crippen LogP contribution in [0.25, 0.3) is 33.8 Å². The molecule has 2 unspecified atom stereocenters. The molecule has 11 rings (SSSR count). The number of nitrogens with one attached hydrogen (secondary N) is 2. The summed E-state index contributed by atoms with van der Waals surface area (Å²) in [7, 11) is 0. The summed E-state index contributed by atoms with van der Waals surface area (Å²) in [4.78, 5) is 25.8. The Bertz CT molecular complexity index is 2910. The summed E-state index contributed by atoms with van der Waals surface area (Å²) in [6, 6.07) is 32.3. The molecule has 0 amide bonds. The maximum Gasteiger partial charge on any atom is 0.177 e. The molecule has 2 atom stereocenters. The van der Waals surface area contributed by atoms with Crippen molar-refractivity contribution in [3.8, 4) is 34.0 Å². The molecule has 0 aliphatic carbocycles. The molecule has 338 valence electrons. The number of fused-ring (bicyclic) bond motifs is 2. The van der Waals surface area contributed by atoms with Gasteiger partial charge in [0.05, 0.1) is 36.0 Å². The lowest BCUT2D eigenvalue weighted by Gasteiger charge is -2.26. The van der Waals surface area contributed by atoms with E-state index in [4.69, 9.17) is 24.5 Å². The van der Waals surface area contributed by atoms with Crippen molar-refractivity contribution in [3.63, 3.8) is 0 Å². The van der Waals surface area contributed by atoms with Crippen LogP contribution in [0.1, 0.15) is 39.5 Å². The molecule has 8 aromatic rings. The fourth-order valence-electron chi connectivity index (χ4n) is 8.96. The molecule has 6 aromatic heterocycles. The van der Waals surface area contributed by atoms with E-state index >= 15 is 0 Å². The van der Waals surface area contributed by atoms with E-state index in [1.54, 1.807) is 39.6 Å². The van der Waals surface area contributed by atoms with Crippen molar-refractivity contribution in [1.29, 1.82) is 0 Å². The predicted molar refractivity (Wildman–Crippen MR) is 258 cm³/mol. The molecule has 9 heterocycles. The average Bonchev–Trinajstić information content (AvgIpc) is 4.19. The third-order valence-corrected chi connectivity index (χ3v) is 12.5. The van der Waals surface area contributed by atoms with Crippen LogP contribution in [0.3, 0.4) is 0 Å². The molecule has 66 heavy (non-hydrogen) atoms. The van der Waals surface area contributed by atoms with Crippen molar-refractivity contribution >= 4 is 45.9 Å². The fourth-order valence-corrected chi connectivity index (χ4v) is 8.96. The second-order valence-electron chi connectivity index (χ2n) is 17.0. The number of pyridine rings is 2. The van der Waals surface area contributed by atoms with E-state index < -0.39 is 0 Å². The second-order valence-corrected chi connectivity index (χ2v) is 17.0. The van der Waals surface area contributed by atoms with E-state index in [1.807, 2.05) is 67.0 Å². The van der Waals surface area contributed by atoms with E-state index in [2.05, 4.69) is 78.5 Å². The molecule has 16 heteroatoms. The molecule has 3 N–H and O–H groups in total. The van der Waals surface area contributed by atoms with Crippen LogP contribution in [0.15, 0.2) is 122 Å². The average molecular weight is 886 g/mol. The summed E-state index contributed by atoms with van der Waals surface area (Å²) >= 11 is 0. The van der Waals surface area contributed by atoms with Gasteiger partial charge >= 0.3 is 0 Å². The Balaban J connectivity index is 0.000000160. The predicted octanol–water partition coefficient (Wildman–Crippen LogP) is 8.46. The SMILES string of the molecule is CC1CCCN1c1cccc(Nc2cc(-c3cccc(O)c3)nn3ccnc23)n1.CC1CCCN1c1cccc(Nc2cc(-c3cccc(OCCN4CCOCC4)c3)nn3ccnc23)n1. The summed E-state index contributed by atoms with van der Waals surface area (Å²) in [5, 5.41) is 26.2. The van der Waals surface area contributed by atoms with Gasteiger partial charge < -0.3 is 35.0 Å². The molecular formula is C50H55N13O3. The van der Waals surface area contributed by atoms with Crippen molar-refractivity contribution in [2.24, 2.45) is 0 Å². The smallest absolute Gasteiger partial charge is 0.177 e. The number of imidazole rings is 2. The molecular weight excluding hydrogens is 831 g/mol. The van der Waals surface area contributed by atoms with Crippen molar-refractivity contribution in [2.45, 2.75) is 51.6 Å². The number of aromatic hydroxyl groups is 1. The van der Waals surface area contributed by atoms with Crippen molar-refractivity contribution < 1.29 is 14.6 Å². The van der Waals surface area contributed by atoms with Gasteiger partial charge in [-0.3, -0.25) is 4.90 Å². The van der Waals surface area contributed by atoms with Gasteiger partial charge in [0.25, 0.3) is 0 Å². The summed E-state index contributed by atoms with van der Waals surface area (Å²) < 4.78 is 15.0. The lowest BCUT2D eigenvalue weighted by Crippen LogP contribution is -2.38. The largest absolute Gasteiger partial charge is 0.508 e. The van der Waals surface area contributed by atoms with Crippen LogP contribution in [0.4, 0.5) is 34.6 Å². The first-order valence-electron chi connectivity index (χ1n) is 22.9. The molecule has 16 nitrogen and oxygen atoms in total. The number of rotatable bonds is 12. The first kappa shape index (κ1) is 42.6. The minimum atomic E-state index is 0.207. The van der Waals surface area contributed by atoms with E-state index in [9.17, 15) is 5.11 Å². The molecule has 2 aromatic carbocycles. The maximum absolute atomic E-state index is 9.83. The Morgan fingerprint density at radius 1 is 0.652 bits per heavy atom. The van der Waals surface area contributed by atoms with Crippen molar-refractivity contribution in [2.75, 3.05) is 73.0 Å². The van der Waals surface area contributed by atoms with Gasteiger partial charge in [-0.2, -0.15) is 10.2 Å². The highest BCUT2D eigenvalue weighted by Gasteiger charge is 2.23. The van der Waals surface area contributed by atoms with Crippen LogP contribution in [0.2, 0.25) is 0 Å². The first-order valence-corrected chi connectivity index (χ1v) is 22.9. The Morgan fingerprint density at radius 3 is 1.74 bits per heavy atom. The van der Waals surface area contributed by atoms with Crippen LogP contribution in [-0.4, -0.2) is 114 Å². The zero-order valence-corrected chi connectivity index (χ0v) is 37.4. The normalized spacial score (nSPS) is 17.5. The Kier molecular flexibility index (Phi) is 12.6. The Labute approximate surface area is 383 Å². The summed E-state index contributed by atoms with van der Waals surface area (Å²) in [6.45, 7) is 11.6. The highest BCUT2D eigenvalue weighted by Crippen LogP contribution is 2.32. The van der Waals surface area contributed by atoms with E-state index in [-0.39, 0.29) is 5.75 Å². The molecule has 0 radical (unpaired) electrons. The van der Waals surface area contributed by atoms with Crippen LogP contribution in [-0.2, 0) is 4.74 Å². The van der Waals surface area contributed by atoms with Gasteiger partial charge in [0.2, 0.25) is 0 Å².